The van der Waals surface area contributed by atoms with Gasteiger partial charge in [-0.2, -0.15) is 0 Å². The van der Waals surface area contributed by atoms with Crippen LogP contribution in [0.2, 0.25) is 10.0 Å². The van der Waals surface area contributed by atoms with E-state index in [1.54, 1.807) is 23.1 Å². The number of carbonyl (C=O) groups excluding carboxylic acids is 1. The number of carbonyl (C=O) groups is 2. The van der Waals surface area contributed by atoms with Crippen LogP contribution in [0, 0.1) is 27.7 Å². The third kappa shape index (κ3) is 6.94. The number of aliphatic hydroxyl groups is 1. The van der Waals surface area contributed by atoms with Crippen molar-refractivity contribution in [3.05, 3.63) is 104 Å². The van der Waals surface area contributed by atoms with Gasteiger partial charge in [-0.3, -0.25) is 9.69 Å². The summed E-state index contributed by atoms with van der Waals surface area (Å²) in [5, 5.41) is 22.8. The molecule has 6 aromatic rings. The minimum absolute atomic E-state index is 0.157. The molecule has 5 heterocycles. The first-order valence-corrected chi connectivity index (χ1v) is 20.1. The van der Waals surface area contributed by atoms with Gasteiger partial charge in [-0.1, -0.05) is 29.3 Å². The number of amides is 1. The number of aliphatic hydroxyl groups excluding tert-OH is 1. The SMILES string of the molecule is Cc1cc(OCCCc2c3n(c4c(-c5c(C)nc(CN6CCC(O)C6)nc5C)c(Cl)ccc24)[C@H](C)CN(c2cn(C)c4ccc(C(=O)O)cc24)C3=O)cc(C)c1Cl. The van der Waals surface area contributed by atoms with Crippen molar-refractivity contribution in [1.82, 2.24) is 24.0 Å². The lowest BCUT2D eigenvalue weighted by Crippen LogP contribution is -2.42. The first-order chi connectivity index (χ1) is 27.2. The molecule has 1 fully saturated rings. The Balaban J connectivity index is 1.25. The van der Waals surface area contributed by atoms with Crippen molar-refractivity contribution in [3.63, 3.8) is 0 Å². The standard InChI is InChI=1S/C44H46Cl2N6O5/c1-23-16-30(17-24(2)40(23)46)57-15-7-8-31-32-10-11-34(45)39(38-26(4)47-37(48-27(38)5)22-50-14-13-29(53)20-50)41(32)52-25(3)19-51(43(54)42(31)52)36-21-49(6)35-12-9-28(44(55)56)18-33(35)36/h9-12,16-18,21,25,29,53H,7-8,13-15,19-20,22H2,1-6H3,(H,55,56)/t25-,29?/m1/s1. The number of halogens is 2. The molecule has 296 valence electrons. The van der Waals surface area contributed by atoms with Gasteiger partial charge in [-0.15, -0.1) is 0 Å². The van der Waals surface area contributed by atoms with Gasteiger partial charge in [0.15, 0.2) is 0 Å². The number of β-amino-alcohol motifs (C(OH)–C–C–N with tert-alkyl or cyclic N) is 1. The highest BCUT2D eigenvalue weighted by atomic mass is 35.5. The van der Waals surface area contributed by atoms with Crippen molar-refractivity contribution in [2.24, 2.45) is 7.05 Å². The molecule has 0 radical (unpaired) electrons. The number of carboxylic acid groups (broad SMARTS) is 1. The average Bonchev–Trinajstić information content (AvgIpc) is 3.83. The highest BCUT2D eigenvalue weighted by Crippen LogP contribution is 2.45. The second kappa shape index (κ2) is 15.1. The van der Waals surface area contributed by atoms with E-state index in [0.29, 0.717) is 66.7 Å². The molecule has 0 spiro atoms. The lowest BCUT2D eigenvalue weighted by atomic mass is 9.97. The minimum atomic E-state index is -1.03. The van der Waals surface area contributed by atoms with Gasteiger partial charge in [0.05, 0.1) is 41.0 Å². The van der Waals surface area contributed by atoms with Crippen molar-refractivity contribution in [1.29, 1.82) is 0 Å². The number of aromatic carboxylic acids is 1. The topological polar surface area (TPSA) is 126 Å². The van der Waals surface area contributed by atoms with E-state index in [1.165, 1.54) is 0 Å². The van der Waals surface area contributed by atoms with Crippen LogP contribution in [0.1, 0.15) is 80.6 Å². The summed E-state index contributed by atoms with van der Waals surface area (Å²) < 4.78 is 10.3. The molecule has 1 amide bonds. The fourth-order valence-electron chi connectivity index (χ4n) is 8.90. The molecule has 2 aliphatic heterocycles. The zero-order valence-electron chi connectivity index (χ0n) is 33.0. The molecular formula is C44H46Cl2N6O5. The first-order valence-electron chi connectivity index (χ1n) is 19.4. The summed E-state index contributed by atoms with van der Waals surface area (Å²) in [6, 6.07) is 12.6. The number of likely N-dealkylation sites (tertiary alicyclic amines) is 1. The van der Waals surface area contributed by atoms with Gasteiger partial charge in [-0.25, -0.2) is 14.8 Å². The molecule has 0 saturated carbocycles. The average molecular weight is 810 g/mol. The Hall–Kier alpha value is -4.94. The van der Waals surface area contributed by atoms with Crippen molar-refractivity contribution >= 4 is 62.6 Å². The molecule has 57 heavy (non-hydrogen) atoms. The number of ether oxygens (including phenoxy) is 1. The number of hydrogen-bond acceptors (Lipinski definition) is 7. The minimum Gasteiger partial charge on any atom is -0.494 e. The molecule has 2 N–H and O–H groups in total. The molecular weight excluding hydrogens is 763 g/mol. The maximum Gasteiger partial charge on any atom is 0.335 e. The van der Waals surface area contributed by atoms with E-state index < -0.39 is 5.97 Å². The van der Waals surface area contributed by atoms with E-state index in [9.17, 15) is 15.0 Å². The smallest absolute Gasteiger partial charge is 0.335 e. The molecule has 3 aromatic carbocycles. The number of aryl methyl sites for hydroxylation is 6. The molecule has 1 unspecified atom stereocenters. The Kier molecular flexibility index (Phi) is 10.3. The molecule has 1 saturated heterocycles. The van der Waals surface area contributed by atoms with Crippen LogP contribution in [0.25, 0.3) is 32.9 Å². The van der Waals surface area contributed by atoms with Gasteiger partial charge in [0.1, 0.15) is 17.3 Å². The van der Waals surface area contributed by atoms with E-state index in [0.717, 1.165) is 79.4 Å². The fraction of sp³-hybridized carbons (Fsp3) is 0.364. The van der Waals surface area contributed by atoms with Crippen LogP contribution in [-0.2, 0) is 20.0 Å². The number of benzene rings is 3. The van der Waals surface area contributed by atoms with Crippen molar-refractivity contribution in [3.8, 4) is 16.9 Å². The number of carboxylic acids is 1. The van der Waals surface area contributed by atoms with Crippen LogP contribution in [-0.4, -0.2) is 78.4 Å². The van der Waals surface area contributed by atoms with Crippen LogP contribution in [0.4, 0.5) is 5.69 Å². The van der Waals surface area contributed by atoms with E-state index >= 15 is 4.79 Å². The van der Waals surface area contributed by atoms with Crippen molar-refractivity contribution < 1.29 is 24.5 Å². The number of hydrogen-bond donors (Lipinski definition) is 2. The number of anilines is 1. The highest BCUT2D eigenvalue weighted by molar-refractivity contribution is 6.35. The number of nitrogens with zero attached hydrogens (tertiary/aromatic N) is 6. The fourth-order valence-corrected chi connectivity index (χ4v) is 9.25. The lowest BCUT2D eigenvalue weighted by molar-refractivity contribution is 0.0696. The van der Waals surface area contributed by atoms with Crippen molar-refractivity contribution in [2.45, 2.75) is 72.6 Å². The maximum absolute atomic E-state index is 15.1. The first kappa shape index (κ1) is 38.9. The molecule has 8 rings (SSSR count). The van der Waals surface area contributed by atoms with Gasteiger partial charge in [0.2, 0.25) is 0 Å². The summed E-state index contributed by atoms with van der Waals surface area (Å²) in [5.41, 5.74) is 9.04. The van der Waals surface area contributed by atoms with Crippen LogP contribution in [0.3, 0.4) is 0 Å². The maximum atomic E-state index is 15.1. The van der Waals surface area contributed by atoms with Gasteiger partial charge in [-0.05, 0) is 107 Å². The van der Waals surface area contributed by atoms with Crippen LogP contribution in [0.5, 0.6) is 5.75 Å². The number of aromatic nitrogens is 4. The Morgan fingerprint density at radius 2 is 1.68 bits per heavy atom. The molecule has 2 atom stereocenters. The van der Waals surface area contributed by atoms with Crippen LogP contribution >= 0.6 is 23.2 Å². The monoisotopic (exact) mass is 808 g/mol. The Bertz CT molecular complexity index is 2570. The molecule has 3 aromatic heterocycles. The Labute approximate surface area is 341 Å². The second-order valence-electron chi connectivity index (χ2n) is 15.6. The third-order valence-corrected chi connectivity index (χ3v) is 12.4. The van der Waals surface area contributed by atoms with Crippen LogP contribution < -0.4 is 9.64 Å². The molecule has 13 heteroatoms. The van der Waals surface area contributed by atoms with Gasteiger partial charge < -0.3 is 29.0 Å². The summed E-state index contributed by atoms with van der Waals surface area (Å²) in [7, 11) is 1.90. The molecule has 0 aliphatic carbocycles. The zero-order valence-corrected chi connectivity index (χ0v) is 34.5. The summed E-state index contributed by atoms with van der Waals surface area (Å²) >= 11 is 13.6. The highest BCUT2D eigenvalue weighted by Gasteiger charge is 2.38. The summed E-state index contributed by atoms with van der Waals surface area (Å²) in [6.07, 6.45) is 3.48. The molecule has 2 aliphatic rings. The Morgan fingerprint density at radius 1 is 0.965 bits per heavy atom. The summed E-state index contributed by atoms with van der Waals surface area (Å²) in [4.78, 5) is 41.0. The molecule has 11 nitrogen and oxygen atoms in total. The number of fused-ring (bicyclic) bond motifs is 4. The largest absolute Gasteiger partial charge is 0.494 e. The predicted octanol–water partition coefficient (Wildman–Crippen LogP) is 8.63. The van der Waals surface area contributed by atoms with Gasteiger partial charge >= 0.3 is 5.97 Å². The van der Waals surface area contributed by atoms with Gasteiger partial charge in [0, 0.05) is 82.7 Å². The summed E-state index contributed by atoms with van der Waals surface area (Å²) in [6.45, 7) is 12.7. The lowest BCUT2D eigenvalue weighted by Gasteiger charge is -2.34. The summed E-state index contributed by atoms with van der Waals surface area (Å²) in [5.74, 6) is 0.235. The van der Waals surface area contributed by atoms with E-state index in [-0.39, 0.29) is 23.6 Å². The Morgan fingerprint density at radius 3 is 2.35 bits per heavy atom. The van der Waals surface area contributed by atoms with E-state index in [1.807, 2.05) is 69.8 Å². The van der Waals surface area contributed by atoms with E-state index in [2.05, 4.69) is 16.4 Å². The van der Waals surface area contributed by atoms with Gasteiger partial charge in [0.25, 0.3) is 5.91 Å². The zero-order chi connectivity index (χ0) is 40.4. The third-order valence-electron chi connectivity index (χ3n) is 11.5. The predicted molar refractivity (Wildman–Crippen MR) is 224 cm³/mol. The normalized spacial score (nSPS) is 17.3. The number of rotatable bonds is 10. The van der Waals surface area contributed by atoms with Crippen molar-refractivity contribution in [2.75, 3.05) is 31.1 Å². The van der Waals surface area contributed by atoms with Crippen LogP contribution in [0.15, 0.2) is 48.7 Å². The quantitative estimate of drug-likeness (QED) is 0.132. The van der Waals surface area contributed by atoms with E-state index in [4.69, 9.17) is 37.9 Å². The molecule has 0 bridgehead atoms. The second-order valence-corrected chi connectivity index (χ2v) is 16.4.